The molecule has 104 valence electrons. The summed E-state index contributed by atoms with van der Waals surface area (Å²) in [6, 6.07) is -0.237. The van der Waals surface area contributed by atoms with Crippen LogP contribution in [0, 0.1) is 0 Å². The predicted molar refractivity (Wildman–Crippen MR) is 71.2 cm³/mol. The van der Waals surface area contributed by atoms with Crippen LogP contribution in [0.2, 0.25) is 0 Å². The Balaban J connectivity index is 2.38. The summed E-state index contributed by atoms with van der Waals surface area (Å²) in [7, 11) is 1.89. The van der Waals surface area contributed by atoms with E-state index in [1.54, 1.807) is 4.90 Å². The minimum atomic E-state index is -0.237. The van der Waals surface area contributed by atoms with E-state index in [4.69, 9.17) is 0 Å². The lowest BCUT2D eigenvalue weighted by atomic mass is 10.2. The molecule has 1 aliphatic heterocycles. The van der Waals surface area contributed by atoms with E-state index in [1.807, 2.05) is 14.0 Å². The van der Waals surface area contributed by atoms with E-state index in [0.717, 1.165) is 38.8 Å². The zero-order valence-electron chi connectivity index (χ0n) is 11.5. The predicted octanol–water partition coefficient (Wildman–Crippen LogP) is 0.503. The quantitative estimate of drug-likeness (QED) is 0.651. The first-order valence-corrected chi connectivity index (χ1v) is 6.92. The van der Waals surface area contributed by atoms with E-state index in [0.29, 0.717) is 13.0 Å². The second kappa shape index (κ2) is 8.08. The molecule has 1 rings (SSSR count). The van der Waals surface area contributed by atoms with Crippen LogP contribution < -0.4 is 10.6 Å². The molecule has 0 aromatic carbocycles. The molecule has 1 unspecified atom stereocenters. The van der Waals surface area contributed by atoms with Crippen molar-refractivity contribution >= 4 is 11.8 Å². The number of carbonyl (C=O) groups is 2. The zero-order chi connectivity index (χ0) is 13.4. The van der Waals surface area contributed by atoms with Crippen LogP contribution in [-0.2, 0) is 9.59 Å². The number of amides is 2. The molecule has 1 saturated heterocycles. The van der Waals surface area contributed by atoms with Crippen molar-refractivity contribution in [1.82, 2.24) is 15.5 Å². The van der Waals surface area contributed by atoms with Crippen molar-refractivity contribution < 1.29 is 9.59 Å². The van der Waals surface area contributed by atoms with Gasteiger partial charge in [-0.25, -0.2) is 0 Å². The number of likely N-dealkylation sites (tertiary alicyclic amines) is 1. The molecule has 2 N–H and O–H groups in total. The van der Waals surface area contributed by atoms with E-state index in [1.165, 1.54) is 0 Å². The molecule has 18 heavy (non-hydrogen) atoms. The Labute approximate surface area is 109 Å². The molecule has 0 radical (unpaired) electrons. The van der Waals surface area contributed by atoms with Gasteiger partial charge in [-0.3, -0.25) is 9.59 Å². The Hall–Kier alpha value is -1.10. The lowest BCUT2D eigenvalue weighted by Crippen LogP contribution is -2.46. The first-order valence-electron chi connectivity index (χ1n) is 6.92. The molecule has 0 aromatic rings. The monoisotopic (exact) mass is 255 g/mol. The molecule has 1 atom stereocenters. The van der Waals surface area contributed by atoms with Crippen molar-refractivity contribution in [1.29, 1.82) is 0 Å². The topological polar surface area (TPSA) is 61.4 Å². The van der Waals surface area contributed by atoms with Crippen molar-refractivity contribution in [3.8, 4) is 0 Å². The Morgan fingerprint density at radius 2 is 2.11 bits per heavy atom. The highest BCUT2D eigenvalue weighted by molar-refractivity contribution is 5.88. The van der Waals surface area contributed by atoms with Gasteiger partial charge in [-0.2, -0.15) is 0 Å². The summed E-state index contributed by atoms with van der Waals surface area (Å²) in [5.74, 6) is 0.124. The van der Waals surface area contributed by atoms with Crippen molar-refractivity contribution in [3.05, 3.63) is 0 Å². The molecule has 0 spiro atoms. The normalized spacial score (nSPS) is 19.0. The fourth-order valence-electron chi connectivity index (χ4n) is 2.29. The smallest absolute Gasteiger partial charge is 0.242 e. The summed E-state index contributed by atoms with van der Waals surface area (Å²) in [5, 5.41) is 5.95. The van der Waals surface area contributed by atoms with Gasteiger partial charge in [0, 0.05) is 19.5 Å². The van der Waals surface area contributed by atoms with Crippen molar-refractivity contribution in [2.45, 2.75) is 45.1 Å². The SMILES string of the molecule is CCCC(=O)N1CCCC1C(=O)NCCCNC. The first kappa shape index (κ1) is 15.0. The van der Waals surface area contributed by atoms with E-state index < -0.39 is 0 Å². The van der Waals surface area contributed by atoms with Crippen LogP contribution in [0.4, 0.5) is 0 Å². The molecule has 1 aliphatic rings. The fraction of sp³-hybridized carbons (Fsp3) is 0.846. The molecule has 0 bridgehead atoms. The van der Waals surface area contributed by atoms with Crippen LogP contribution in [0.15, 0.2) is 0 Å². The summed E-state index contributed by atoms with van der Waals surface area (Å²) in [6.45, 7) is 4.28. The Morgan fingerprint density at radius 1 is 1.33 bits per heavy atom. The molecule has 1 heterocycles. The second-order valence-corrected chi connectivity index (χ2v) is 4.74. The van der Waals surface area contributed by atoms with Crippen molar-refractivity contribution in [3.63, 3.8) is 0 Å². The maximum atomic E-state index is 12.0. The van der Waals surface area contributed by atoms with E-state index in [-0.39, 0.29) is 17.9 Å². The third-order valence-corrected chi connectivity index (χ3v) is 3.24. The number of rotatable bonds is 7. The highest BCUT2D eigenvalue weighted by Crippen LogP contribution is 2.18. The lowest BCUT2D eigenvalue weighted by Gasteiger charge is -2.23. The van der Waals surface area contributed by atoms with Gasteiger partial charge in [-0.05, 0) is 39.3 Å². The summed E-state index contributed by atoms with van der Waals surface area (Å²) in [5.41, 5.74) is 0. The molecule has 0 aliphatic carbocycles. The number of nitrogens with zero attached hydrogens (tertiary/aromatic N) is 1. The third kappa shape index (κ3) is 4.29. The third-order valence-electron chi connectivity index (χ3n) is 3.24. The Kier molecular flexibility index (Phi) is 6.72. The molecule has 5 nitrogen and oxygen atoms in total. The summed E-state index contributed by atoms with van der Waals surface area (Å²) in [4.78, 5) is 25.6. The van der Waals surface area contributed by atoms with Gasteiger partial charge in [0.2, 0.25) is 11.8 Å². The highest BCUT2D eigenvalue weighted by Gasteiger charge is 2.33. The molecule has 5 heteroatoms. The van der Waals surface area contributed by atoms with Crippen LogP contribution in [0.1, 0.15) is 39.0 Å². The number of hydrogen-bond acceptors (Lipinski definition) is 3. The summed E-state index contributed by atoms with van der Waals surface area (Å²) < 4.78 is 0. The van der Waals surface area contributed by atoms with E-state index in [2.05, 4.69) is 10.6 Å². The van der Waals surface area contributed by atoms with Crippen molar-refractivity contribution in [2.24, 2.45) is 0 Å². The standard InChI is InChI=1S/C13H25N3O2/c1-3-6-12(17)16-10-4-7-11(16)13(18)15-9-5-8-14-2/h11,14H,3-10H2,1-2H3,(H,15,18). The van der Waals surface area contributed by atoms with E-state index in [9.17, 15) is 9.59 Å². The Bertz CT molecular complexity index is 281. The molecule has 2 amide bonds. The van der Waals surface area contributed by atoms with Gasteiger partial charge in [0.25, 0.3) is 0 Å². The van der Waals surface area contributed by atoms with Gasteiger partial charge in [0.05, 0.1) is 0 Å². The molecular formula is C13H25N3O2. The number of hydrogen-bond donors (Lipinski definition) is 2. The van der Waals surface area contributed by atoms with Crippen LogP contribution in [0.3, 0.4) is 0 Å². The maximum Gasteiger partial charge on any atom is 0.242 e. The zero-order valence-corrected chi connectivity index (χ0v) is 11.5. The molecule has 0 saturated carbocycles. The average molecular weight is 255 g/mol. The highest BCUT2D eigenvalue weighted by atomic mass is 16.2. The second-order valence-electron chi connectivity index (χ2n) is 4.74. The number of nitrogens with one attached hydrogen (secondary N) is 2. The van der Waals surface area contributed by atoms with Crippen LogP contribution in [0.25, 0.3) is 0 Å². The van der Waals surface area contributed by atoms with Gasteiger partial charge >= 0.3 is 0 Å². The lowest BCUT2D eigenvalue weighted by molar-refractivity contribution is -0.138. The van der Waals surface area contributed by atoms with Gasteiger partial charge in [-0.1, -0.05) is 6.92 Å². The van der Waals surface area contributed by atoms with Crippen LogP contribution >= 0.6 is 0 Å². The van der Waals surface area contributed by atoms with Crippen molar-refractivity contribution in [2.75, 3.05) is 26.7 Å². The van der Waals surface area contributed by atoms with Gasteiger partial charge in [0.15, 0.2) is 0 Å². The van der Waals surface area contributed by atoms with Gasteiger partial charge < -0.3 is 15.5 Å². The average Bonchev–Trinajstić information content (AvgIpc) is 2.84. The summed E-state index contributed by atoms with van der Waals surface area (Å²) in [6.07, 6.45) is 4.03. The maximum absolute atomic E-state index is 12.0. The van der Waals surface area contributed by atoms with Gasteiger partial charge in [-0.15, -0.1) is 0 Å². The van der Waals surface area contributed by atoms with E-state index >= 15 is 0 Å². The largest absolute Gasteiger partial charge is 0.354 e. The fourth-order valence-corrected chi connectivity index (χ4v) is 2.29. The van der Waals surface area contributed by atoms with Crippen LogP contribution in [0.5, 0.6) is 0 Å². The number of carbonyl (C=O) groups excluding carboxylic acids is 2. The molecule has 0 aromatic heterocycles. The van der Waals surface area contributed by atoms with Crippen LogP contribution in [-0.4, -0.2) is 49.4 Å². The minimum absolute atomic E-state index is 0.00746. The Morgan fingerprint density at radius 3 is 2.78 bits per heavy atom. The van der Waals surface area contributed by atoms with Gasteiger partial charge in [0.1, 0.15) is 6.04 Å². The first-order chi connectivity index (χ1) is 8.70. The molecule has 1 fully saturated rings. The molecular weight excluding hydrogens is 230 g/mol. The minimum Gasteiger partial charge on any atom is -0.354 e. The summed E-state index contributed by atoms with van der Waals surface area (Å²) >= 11 is 0.